The monoisotopic (exact) mass is 327 g/mol. The van der Waals surface area contributed by atoms with Crippen LogP contribution in [0.15, 0.2) is 36.0 Å². The first-order chi connectivity index (χ1) is 11.2. The second kappa shape index (κ2) is 5.75. The van der Waals surface area contributed by atoms with Crippen LogP contribution in [0.1, 0.15) is 10.4 Å². The van der Waals surface area contributed by atoms with Crippen molar-refractivity contribution in [2.45, 2.75) is 0 Å². The molecule has 0 unspecified atom stereocenters. The second-order valence-electron chi connectivity index (χ2n) is 5.76. The molecular formula is C16H17N5OS. The third-order valence-electron chi connectivity index (χ3n) is 4.20. The van der Waals surface area contributed by atoms with Crippen LogP contribution < -0.4 is 0 Å². The number of aromatic nitrogens is 3. The van der Waals surface area contributed by atoms with Gasteiger partial charge in [0.15, 0.2) is 0 Å². The van der Waals surface area contributed by atoms with E-state index in [4.69, 9.17) is 0 Å². The molecule has 1 aliphatic rings. The van der Waals surface area contributed by atoms with Gasteiger partial charge in [-0.3, -0.25) is 4.79 Å². The van der Waals surface area contributed by atoms with E-state index in [1.807, 2.05) is 35.4 Å². The summed E-state index contributed by atoms with van der Waals surface area (Å²) in [5, 5.41) is 4.19. The van der Waals surface area contributed by atoms with Gasteiger partial charge in [0.2, 0.25) is 4.96 Å². The molecule has 0 N–H and O–H groups in total. The maximum atomic E-state index is 12.5. The maximum Gasteiger partial charge on any atom is 0.253 e. The minimum Gasteiger partial charge on any atom is -0.336 e. The van der Waals surface area contributed by atoms with E-state index < -0.39 is 0 Å². The molecule has 1 amide bonds. The molecule has 1 aliphatic heterocycles. The van der Waals surface area contributed by atoms with Crippen LogP contribution in [0.3, 0.4) is 0 Å². The fraction of sp³-hybridized carbons (Fsp3) is 0.312. The van der Waals surface area contributed by atoms with Gasteiger partial charge >= 0.3 is 0 Å². The molecule has 3 aromatic rings. The van der Waals surface area contributed by atoms with Crippen LogP contribution in [-0.2, 0) is 0 Å². The van der Waals surface area contributed by atoms with Crippen LogP contribution in [0.25, 0.3) is 16.2 Å². The number of carbonyl (C=O) groups excluding carboxylic acids is 1. The molecular weight excluding hydrogens is 310 g/mol. The molecule has 0 radical (unpaired) electrons. The number of likely N-dealkylation sites (N-methyl/N-ethyl adjacent to an activating group) is 1. The number of benzene rings is 1. The standard InChI is InChI=1S/C16H17N5OS/c1-19-6-8-20(9-7-19)15(22)13-4-2-12(3-5-13)14-10-21-16(18-14)23-11-17-21/h2-5,10-11H,6-9H2,1H3. The summed E-state index contributed by atoms with van der Waals surface area (Å²) in [6.45, 7) is 3.45. The molecule has 0 bridgehead atoms. The highest BCUT2D eigenvalue weighted by Gasteiger charge is 2.20. The van der Waals surface area contributed by atoms with Gasteiger partial charge in [-0.05, 0) is 19.2 Å². The summed E-state index contributed by atoms with van der Waals surface area (Å²) in [4.78, 5) is 22.1. The Kier molecular flexibility index (Phi) is 3.59. The van der Waals surface area contributed by atoms with Crippen molar-refractivity contribution in [2.75, 3.05) is 33.2 Å². The number of imidazole rings is 1. The van der Waals surface area contributed by atoms with Crippen LogP contribution in [0.5, 0.6) is 0 Å². The lowest BCUT2D eigenvalue weighted by atomic mass is 10.1. The quantitative estimate of drug-likeness (QED) is 0.721. The summed E-state index contributed by atoms with van der Waals surface area (Å²) in [6, 6.07) is 7.68. The summed E-state index contributed by atoms with van der Waals surface area (Å²) in [5.41, 5.74) is 4.38. The zero-order chi connectivity index (χ0) is 15.8. The highest BCUT2D eigenvalue weighted by molar-refractivity contribution is 7.14. The number of amides is 1. The number of rotatable bonds is 2. The van der Waals surface area contributed by atoms with E-state index in [0.29, 0.717) is 0 Å². The van der Waals surface area contributed by atoms with E-state index >= 15 is 0 Å². The second-order valence-corrected chi connectivity index (χ2v) is 6.58. The zero-order valence-corrected chi connectivity index (χ0v) is 13.7. The Bertz CT molecular complexity index is 801. The predicted octanol–water partition coefficient (Wildman–Crippen LogP) is 1.85. The van der Waals surface area contributed by atoms with Gasteiger partial charge in [0.1, 0.15) is 5.51 Å². The van der Waals surface area contributed by atoms with Crippen molar-refractivity contribution in [3.05, 3.63) is 41.5 Å². The highest BCUT2D eigenvalue weighted by atomic mass is 32.1. The lowest BCUT2D eigenvalue weighted by molar-refractivity contribution is 0.0664. The van der Waals surface area contributed by atoms with Gasteiger partial charge in [-0.25, -0.2) is 9.50 Å². The molecule has 118 valence electrons. The van der Waals surface area contributed by atoms with Crippen molar-refractivity contribution in [3.8, 4) is 11.3 Å². The van der Waals surface area contributed by atoms with Crippen LogP contribution in [0.2, 0.25) is 0 Å². The topological polar surface area (TPSA) is 53.7 Å². The average molecular weight is 327 g/mol. The fourth-order valence-corrected chi connectivity index (χ4v) is 3.36. The fourth-order valence-electron chi connectivity index (χ4n) is 2.75. The minimum atomic E-state index is 0.108. The van der Waals surface area contributed by atoms with Gasteiger partial charge in [0.25, 0.3) is 5.91 Å². The first-order valence-corrected chi connectivity index (χ1v) is 8.46. The van der Waals surface area contributed by atoms with Gasteiger partial charge in [-0.15, -0.1) is 0 Å². The SMILES string of the molecule is CN1CCN(C(=O)c2ccc(-c3cn4ncsc4n3)cc2)CC1. The van der Waals surface area contributed by atoms with Crippen LogP contribution >= 0.6 is 11.3 Å². The molecule has 1 fully saturated rings. The maximum absolute atomic E-state index is 12.5. The van der Waals surface area contributed by atoms with Crippen molar-refractivity contribution in [1.82, 2.24) is 24.4 Å². The lowest BCUT2D eigenvalue weighted by Crippen LogP contribution is -2.47. The molecule has 4 rings (SSSR count). The third kappa shape index (κ3) is 2.73. The summed E-state index contributed by atoms with van der Waals surface area (Å²) in [6.07, 6.45) is 1.91. The molecule has 7 heteroatoms. The Morgan fingerprint density at radius 3 is 2.57 bits per heavy atom. The molecule has 1 saturated heterocycles. The van der Waals surface area contributed by atoms with Crippen molar-refractivity contribution in [3.63, 3.8) is 0 Å². The Balaban J connectivity index is 1.53. The number of fused-ring (bicyclic) bond motifs is 1. The number of hydrogen-bond donors (Lipinski definition) is 0. The van der Waals surface area contributed by atoms with Gasteiger partial charge in [-0.1, -0.05) is 23.5 Å². The summed E-state index contributed by atoms with van der Waals surface area (Å²) < 4.78 is 1.77. The van der Waals surface area contributed by atoms with Gasteiger partial charge in [-0.2, -0.15) is 5.10 Å². The summed E-state index contributed by atoms with van der Waals surface area (Å²) in [5.74, 6) is 0.108. The molecule has 23 heavy (non-hydrogen) atoms. The third-order valence-corrected chi connectivity index (χ3v) is 4.89. The molecule has 0 atom stereocenters. The first kappa shape index (κ1) is 14.3. The minimum absolute atomic E-state index is 0.108. The normalized spacial score (nSPS) is 16.1. The van der Waals surface area contributed by atoms with E-state index in [9.17, 15) is 4.79 Å². The Morgan fingerprint density at radius 2 is 1.87 bits per heavy atom. The molecule has 1 aromatic carbocycles. The smallest absolute Gasteiger partial charge is 0.253 e. The first-order valence-electron chi connectivity index (χ1n) is 7.58. The highest BCUT2D eigenvalue weighted by Crippen LogP contribution is 2.21. The molecule has 0 saturated carbocycles. The van der Waals surface area contributed by atoms with Gasteiger partial charge < -0.3 is 9.80 Å². The van der Waals surface area contributed by atoms with Crippen LogP contribution in [-0.4, -0.2) is 63.5 Å². The van der Waals surface area contributed by atoms with Crippen molar-refractivity contribution in [2.24, 2.45) is 0 Å². The number of piperazine rings is 1. The number of hydrogen-bond acceptors (Lipinski definition) is 5. The number of carbonyl (C=O) groups is 1. The summed E-state index contributed by atoms with van der Waals surface area (Å²) >= 11 is 1.51. The zero-order valence-electron chi connectivity index (χ0n) is 12.8. The van der Waals surface area contributed by atoms with E-state index in [2.05, 4.69) is 22.0 Å². The molecule has 2 aromatic heterocycles. The van der Waals surface area contributed by atoms with E-state index in [1.54, 1.807) is 10.0 Å². The summed E-state index contributed by atoms with van der Waals surface area (Å²) in [7, 11) is 2.08. The Hall–Kier alpha value is -2.25. The van der Waals surface area contributed by atoms with E-state index in [-0.39, 0.29) is 5.91 Å². The molecule has 6 nitrogen and oxygen atoms in total. The molecule has 3 heterocycles. The molecule has 0 spiro atoms. The predicted molar refractivity (Wildman–Crippen MR) is 89.7 cm³/mol. The van der Waals surface area contributed by atoms with Crippen molar-refractivity contribution in [1.29, 1.82) is 0 Å². The van der Waals surface area contributed by atoms with E-state index in [0.717, 1.165) is 48.0 Å². The van der Waals surface area contributed by atoms with E-state index in [1.165, 1.54) is 11.3 Å². The Morgan fingerprint density at radius 1 is 1.13 bits per heavy atom. The lowest BCUT2D eigenvalue weighted by Gasteiger charge is -2.32. The average Bonchev–Trinajstić information content (AvgIpc) is 3.17. The van der Waals surface area contributed by atoms with Crippen molar-refractivity contribution >= 4 is 22.2 Å². The Labute approximate surface area is 138 Å². The van der Waals surface area contributed by atoms with Gasteiger partial charge in [0.05, 0.1) is 11.9 Å². The van der Waals surface area contributed by atoms with Crippen molar-refractivity contribution < 1.29 is 4.79 Å². The van der Waals surface area contributed by atoms with Crippen LogP contribution in [0.4, 0.5) is 0 Å². The largest absolute Gasteiger partial charge is 0.336 e. The van der Waals surface area contributed by atoms with Gasteiger partial charge in [0, 0.05) is 37.3 Å². The van der Waals surface area contributed by atoms with Crippen LogP contribution in [0, 0.1) is 0 Å². The number of nitrogens with zero attached hydrogens (tertiary/aromatic N) is 5. The molecule has 0 aliphatic carbocycles.